The van der Waals surface area contributed by atoms with Gasteiger partial charge in [0.1, 0.15) is 12.1 Å². The van der Waals surface area contributed by atoms with Gasteiger partial charge in [-0.2, -0.15) is 0 Å². The number of amides is 2. The Balaban J connectivity index is 1.45. The summed E-state index contributed by atoms with van der Waals surface area (Å²) in [6.07, 6.45) is 9.04. The van der Waals surface area contributed by atoms with Crippen molar-refractivity contribution in [3.8, 4) is 5.82 Å². The highest BCUT2D eigenvalue weighted by molar-refractivity contribution is 5.74. The zero-order valence-electron chi connectivity index (χ0n) is 13.3. The van der Waals surface area contributed by atoms with Crippen LogP contribution in [0.5, 0.6) is 0 Å². The van der Waals surface area contributed by atoms with Gasteiger partial charge in [-0.3, -0.25) is 4.57 Å². The Morgan fingerprint density at radius 3 is 2.83 bits per heavy atom. The van der Waals surface area contributed by atoms with Crippen molar-refractivity contribution in [1.29, 1.82) is 0 Å². The smallest absolute Gasteiger partial charge is 0.315 e. The van der Waals surface area contributed by atoms with Crippen molar-refractivity contribution in [2.24, 2.45) is 0 Å². The Morgan fingerprint density at radius 2 is 2.17 bits per heavy atom. The number of hydrogen-bond acceptors (Lipinski definition) is 4. The van der Waals surface area contributed by atoms with E-state index in [1.54, 1.807) is 18.7 Å². The van der Waals surface area contributed by atoms with E-state index in [9.17, 15) is 4.79 Å². The van der Waals surface area contributed by atoms with Crippen LogP contribution in [0.15, 0.2) is 37.1 Å². The summed E-state index contributed by atoms with van der Waals surface area (Å²) >= 11 is 0. The number of nitrogens with one attached hydrogen (secondary N) is 2. The monoisotopic (exact) mass is 314 g/mol. The van der Waals surface area contributed by atoms with Gasteiger partial charge in [-0.1, -0.05) is 6.07 Å². The standard InChI is InChI=1S/C16H22N6O/c1-21-7-4-14(5-8-21)20-16(23)19-11-13-2-3-15(18-10-13)22-9-6-17-12-22/h2-3,6,9-10,12,14H,4-5,7-8,11H2,1H3,(H2,19,20,23). The van der Waals surface area contributed by atoms with Crippen molar-refractivity contribution < 1.29 is 4.79 Å². The molecular formula is C16H22N6O. The number of imidazole rings is 1. The van der Waals surface area contributed by atoms with E-state index in [2.05, 4.69) is 32.5 Å². The number of nitrogens with zero attached hydrogens (tertiary/aromatic N) is 4. The summed E-state index contributed by atoms with van der Waals surface area (Å²) in [5.74, 6) is 0.807. The van der Waals surface area contributed by atoms with Gasteiger partial charge in [-0.05, 0) is 44.6 Å². The summed E-state index contributed by atoms with van der Waals surface area (Å²) in [6, 6.07) is 4.03. The van der Waals surface area contributed by atoms with E-state index < -0.39 is 0 Å². The minimum absolute atomic E-state index is 0.113. The molecule has 1 aliphatic heterocycles. The number of likely N-dealkylation sites (tertiary alicyclic amines) is 1. The second-order valence-electron chi connectivity index (χ2n) is 5.90. The number of aromatic nitrogens is 3. The van der Waals surface area contributed by atoms with Crippen LogP contribution in [-0.4, -0.2) is 51.6 Å². The largest absolute Gasteiger partial charge is 0.335 e. The zero-order chi connectivity index (χ0) is 16.1. The number of urea groups is 1. The Bertz CT molecular complexity index is 617. The van der Waals surface area contributed by atoms with Crippen molar-refractivity contribution in [1.82, 2.24) is 30.1 Å². The summed E-state index contributed by atoms with van der Waals surface area (Å²) < 4.78 is 1.84. The number of pyridine rings is 1. The molecule has 2 aromatic heterocycles. The molecular weight excluding hydrogens is 292 g/mol. The first-order valence-electron chi connectivity index (χ1n) is 7.87. The fourth-order valence-corrected chi connectivity index (χ4v) is 2.64. The van der Waals surface area contributed by atoms with Crippen LogP contribution in [0.2, 0.25) is 0 Å². The molecule has 1 aliphatic rings. The van der Waals surface area contributed by atoms with E-state index in [1.165, 1.54) is 0 Å². The molecule has 2 aromatic rings. The van der Waals surface area contributed by atoms with Crippen LogP contribution in [0.25, 0.3) is 5.82 Å². The molecule has 122 valence electrons. The number of carbonyl (C=O) groups excluding carboxylic acids is 1. The predicted molar refractivity (Wildman–Crippen MR) is 87.2 cm³/mol. The van der Waals surface area contributed by atoms with Crippen molar-refractivity contribution in [3.63, 3.8) is 0 Å². The van der Waals surface area contributed by atoms with Gasteiger partial charge >= 0.3 is 6.03 Å². The second kappa shape index (κ2) is 7.23. The molecule has 23 heavy (non-hydrogen) atoms. The lowest BCUT2D eigenvalue weighted by Crippen LogP contribution is -2.46. The van der Waals surface area contributed by atoms with Crippen LogP contribution in [0.1, 0.15) is 18.4 Å². The molecule has 7 nitrogen and oxygen atoms in total. The predicted octanol–water partition coefficient (Wildman–Crippen LogP) is 1.16. The van der Waals surface area contributed by atoms with E-state index in [-0.39, 0.29) is 12.1 Å². The summed E-state index contributed by atoms with van der Waals surface area (Å²) in [5, 5.41) is 5.92. The van der Waals surface area contributed by atoms with Gasteiger partial charge in [0, 0.05) is 31.2 Å². The SMILES string of the molecule is CN1CCC(NC(=O)NCc2ccc(-n3ccnc3)nc2)CC1. The molecule has 0 aliphatic carbocycles. The van der Waals surface area contributed by atoms with Crippen LogP contribution in [0, 0.1) is 0 Å². The summed E-state index contributed by atoms with van der Waals surface area (Å²) in [7, 11) is 2.11. The Hall–Kier alpha value is -2.41. The highest BCUT2D eigenvalue weighted by Gasteiger charge is 2.18. The molecule has 2 amide bonds. The first kappa shape index (κ1) is 15.5. The lowest BCUT2D eigenvalue weighted by atomic mass is 10.1. The van der Waals surface area contributed by atoms with Gasteiger partial charge in [0.05, 0.1) is 0 Å². The molecule has 0 radical (unpaired) electrons. The number of piperidine rings is 1. The molecule has 0 aromatic carbocycles. The van der Waals surface area contributed by atoms with Gasteiger partial charge in [0.15, 0.2) is 0 Å². The number of carbonyl (C=O) groups is 1. The molecule has 7 heteroatoms. The average Bonchev–Trinajstić information content (AvgIpc) is 3.10. The van der Waals surface area contributed by atoms with E-state index in [4.69, 9.17) is 0 Å². The molecule has 0 saturated carbocycles. The van der Waals surface area contributed by atoms with Crippen molar-refractivity contribution in [2.75, 3.05) is 20.1 Å². The maximum Gasteiger partial charge on any atom is 0.315 e. The van der Waals surface area contributed by atoms with Crippen molar-refractivity contribution in [2.45, 2.75) is 25.4 Å². The van der Waals surface area contributed by atoms with E-state index >= 15 is 0 Å². The van der Waals surface area contributed by atoms with Gasteiger partial charge < -0.3 is 15.5 Å². The minimum Gasteiger partial charge on any atom is -0.335 e. The second-order valence-corrected chi connectivity index (χ2v) is 5.90. The molecule has 0 bridgehead atoms. The highest BCUT2D eigenvalue weighted by Crippen LogP contribution is 2.08. The van der Waals surface area contributed by atoms with Gasteiger partial charge in [0.25, 0.3) is 0 Å². The Morgan fingerprint density at radius 1 is 1.35 bits per heavy atom. The van der Waals surface area contributed by atoms with Crippen LogP contribution in [0.3, 0.4) is 0 Å². The van der Waals surface area contributed by atoms with Gasteiger partial charge in [0.2, 0.25) is 0 Å². The minimum atomic E-state index is -0.113. The van der Waals surface area contributed by atoms with Crippen LogP contribution in [-0.2, 0) is 6.54 Å². The van der Waals surface area contributed by atoms with E-state index in [0.29, 0.717) is 6.54 Å². The summed E-state index contributed by atoms with van der Waals surface area (Å²) in [5.41, 5.74) is 0.965. The van der Waals surface area contributed by atoms with Gasteiger partial charge in [-0.25, -0.2) is 14.8 Å². The zero-order valence-corrected chi connectivity index (χ0v) is 13.3. The van der Waals surface area contributed by atoms with Crippen molar-refractivity contribution >= 4 is 6.03 Å². The fourth-order valence-electron chi connectivity index (χ4n) is 2.64. The Kier molecular flexibility index (Phi) is 4.87. The summed E-state index contributed by atoms with van der Waals surface area (Å²) in [6.45, 7) is 2.53. The first-order valence-corrected chi connectivity index (χ1v) is 7.87. The lowest BCUT2D eigenvalue weighted by Gasteiger charge is -2.29. The number of hydrogen-bond donors (Lipinski definition) is 2. The quantitative estimate of drug-likeness (QED) is 0.888. The van der Waals surface area contributed by atoms with Gasteiger partial charge in [-0.15, -0.1) is 0 Å². The third-order valence-electron chi connectivity index (χ3n) is 4.08. The third-order valence-corrected chi connectivity index (χ3v) is 4.08. The molecule has 2 N–H and O–H groups in total. The molecule has 0 unspecified atom stereocenters. The maximum atomic E-state index is 12.0. The maximum absolute atomic E-state index is 12.0. The lowest BCUT2D eigenvalue weighted by molar-refractivity contribution is 0.213. The van der Waals surface area contributed by atoms with E-state index in [1.807, 2.05) is 22.9 Å². The molecule has 3 heterocycles. The van der Waals surface area contributed by atoms with Crippen LogP contribution in [0.4, 0.5) is 4.79 Å². The van der Waals surface area contributed by atoms with E-state index in [0.717, 1.165) is 37.3 Å². The van der Waals surface area contributed by atoms with Crippen LogP contribution >= 0.6 is 0 Å². The first-order chi connectivity index (χ1) is 11.2. The Labute approximate surface area is 135 Å². The summed E-state index contributed by atoms with van der Waals surface area (Å²) in [4.78, 5) is 22.6. The average molecular weight is 314 g/mol. The third kappa shape index (κ3) is 4.29. The normalized spacial score (nSPS) is 16.2. The van der Waals surface area contributed by atoms with Crippen molar-refractivity contribution in [3.05, 3.63) is 42.6 Å². The topological polar surface area (TPSA) is 75.1 Å². The highest BCUT2D eigenvalue weighted by atomic mass is 16.2. The molecule has 1 fully saturated rings. The molecule has 3 rings (SSSR count). The fraction of sp³-hybridized carbons (Fsp3) is 0.438. The molecule has 0 atom stereocenters. The molecule has 0 spiro atoms. The number of rotatable bonds is 4. The molecule has 1 saturated heterocycles. The van der Waals surface area contributed by atoms with Crippen LogP contribution < -0.4 is 10.6 Å².